The number of aryl methyl sites for hydroxylation is 1. The highest BCUT2D eigenvalue weighted by atomic mass is 35.5. The summed E-state index contributed by atoms with van der Waals surface area (Å²) in [5.74, 6) is -0.891. The van der Waals surface area contributed by atoms with Crippen LogP contribution in [0.5, 0.6) is 0 Å². The van der Waals surface area contributed by atoms with Crippen LogP contribution in [-0.4, -0.2) is 53.5 Å². The molecule has 0 spiro atoms. The van der Waals surface area contributed by atoms with Gasteiger partial charge in [0.2, 0.25) is 5.91 Å². The Morgan fingerprint density at radius 3 is 2.21 bits per heavy atom. The highest BCUT2D eigenvalue weighted by Crippen LogP contribution is 2.17. The number of piperidine rings is 1. The number of hydrogen-bond acceptors (Lipinski definition) is 3. The van der Waals surface area contributed by atoms with Crippen molar-refractivity contribution >= 4 is 24.3 Å². The molecule has 6 heteroatoms. The van der Waals surface area contributed by atoms with Gasteiger partial charge in [-0.1, -0.05) is 31.2 Å². The molecule has 1 amide bonds. The lowest BCUT2D eigenvalue weighted by Crippen LogP contribution is -2.43. The number of carboxylic acids is 1. The van der Waals surface area contributed by atoms with E-state index < -0.39 is 5.97 Å². The molecule has 24 heavy (non-hydrogen) atoms. The van der Waals surface area contributed by atoms with Gasteiger partial charge in [-0.15, -0.1) is 12.4 Å². The van der Waals surface area contributed by atoms with Crippen LogP contribution in [0.3, 0.4) is 0 Å². The van der Waals surface area contributed by atoms with Crippen molar-refractivity contribution in [2.75, 3.05) is 26.7 Å². The number of aliphatic carboxylic acids is 1. The zero-order valence-corrected chi connectivity index (χ0v) is 15.2. The Balaban J connectivity index is 0.00000288. The van der Waals surface area contributed by atoms with Gasteiger partial charge in [0.25, 0.3) is 0 Å². The largest absolute Gasteiger partial charge is 0.481 e. The Bertz CT molecular complexity index is 540. The van der Waals surface area contributed by atoms with E-state index >= 15 is 0 Å². The van der Waals surface area contributed by atoms with Crippen molar-refractivity contribution in [2.24, 2.45) is 5.92 Å². The first-order chi connectivity index (χ1) is 11.0. The highest BCUT2D eigenvalue weighted by molar-refractivity contribution is 5.85. The number of carbonyl (C=O) groups excluding carboxylic acids is 1. The van der Waals surface area contributed by atoms with E-state index in [1.165, 1.54) is 5.56 Å². The van der Waals surface area contributed by atoms with E-state index in [1.54, 1.807) is 4.90 Å². The third-order valence-corrected chi connectivity index (χ3v) is 4.57. The lowest BCUT2D eigenvalue weighted by Gasteiger charge is -2.30. The van der Waals surface area contributed by atoms with Crippen LogP contribution in [0.1, 0.15) is 30.9 Å². The molecule has 1 aromatic carbocycles. The number of likely N-dealkylation sites (N-methyl/N-ethyl adjacent to an activating group) is 1. The van der Waals surface area contributed by atoms with Crippen molar-refractivity contribution in [2.45, 2.75) is 32.7 Å². The van der Waals surface area contributed by atoms with Gasteiger partial charge >= 0.3 is 5.97 Å². The maximum absolute atomic E-state index is 12.3. The third-order valence-electron chi connectivity index (χ3n) is 4.57. The predicted molar refractivity (Wildman–Crippen MR) is 96.3 cm³/mol. The van der Waals surface area contributed by atoms with Crippen molar-refractivity contribution in [1.82, 2.24) is 9.80 Å². The molecule has 0 radical (unpaired) electrons. The van der Waals surface area contributed by atoms with Crippen molar-refractivity contribution in [1.29, 1.82) is 0 Å². The zero-order valence-electron chi connectivity index (χ0n) is 14.4. The summed E-state index contributed by atoms with van der Waals surface area (Å²) in [4.78, 5) is 27.1. The van der Waals surface area contributed by atoms with Gasteiger partial charge in [-0.25, -0.2) is 0 Å². The summed E-state index contributed by atoms with van der Waals surface area (Å²) >= 11 is 0. The number of nitrogens with zero attached hydrogens (tertiary/aromatic N) is 2. The minimum Gasteiger partial charge on any atom is -0.481 e. The molecule has 0 bridgehead atoms. The minimum atomic E-state index is -0.719. The summed E-state index contributed by atoms with van der Waals surface area (Å²) < 4.78 is 0. The number of carboxylic acid groups (broad SMARTS) is 1. The molecular weight excluding hydrogens is 328 g/mol. The second-order valence-corrected chi connectivity index (χ2v) is 6.31. The van der Waals surface area contributed by atoms with Gasteiger partial charge in [0.05, 0.1) is 12.5 Å². The average molecular weight is 355 g/mol. The first-order valence-electron chi connectivity index (χ1n) is 8.26. The molecule has 0 atom stereocenters. The smallest absolute Gasteiger partial charge is 0.306 e. The van der Waals surface area contributed by atoms with Crippen molar-refractivity contribution in [3.8, 4) is 0 Å². The van der Waals surface area contributed by atoms with E-state index in [1.807, 2.05) is 7.05 Å². The molecule has 5 nitrogen and oxygen atoms in total. The van der Waals surface area contributed by atoms with Crippen LogP contribution in [0.15, 0.2) is 24.3 Å². The van der Waals surface area contributed by atoms with Gasteiger partial charge in [0.15, 0.2) is 0 Å². The predicted octanol–water partition coefficient (Wildman–Crippen LogP) is 2.43. The van der Waals surface area contributed by atoms with E-state index in [4.69, 9.17) is 5.11 Å². The Labute approximate surface area is 150 Å². The quantitative estimate of drug-likeness (QED) is 0.852. The van der Waals surface area contributed by atoms with Gasteiger partial charge in [-0.05, 0) is 43.5 Å². The third kappa shape index (κ3) is 5.80. The van der Waals surface area contributed by atoms with Crippen LogP contribution in [0.4, 0.5) is 0 Å². The lowest BCUT2D eigenvalue weighted by molar-refractivity contribution is -0.143. The molecule has 2 rings (SSSR count). The fourth-order valence-corrected chi connectivity index (χ4v) is 2.89. The summed E-state index contributed by atoms with van der Waals surface area (Å²) in [7, 11) is 1.82. The molecular formula is C18H27ClN2O3. The van der Waals surface area contributed by atoms with Crippen LogP contribution in [-0.2, 0) is 22.6 Å². The minimum absolute atomic E-state index is 0. The first kappa shape index (κ1) is 20.5. The van der Waals surface area contributed by atoms with E-state index in [-0.39, 0.29) is 24.2 Å². The van der Waals surface area contributed by atoms with Crippen molar-refractivity contribution < 1.29 is 14.7 Å². The molecule has 1 fully saturated rings. The summed E-state index contributed by atoms with van der Waals surface area (Å²) in [6.45, 7) is 4.46. The summed E-state index contributed by atoms with van der Waals surface area (Å²) in [6, 6.07) is 8.34. The number of halogens is 1. The van der Waals surface area contributed by atoms with Gasteiger partial charge < -0.3 is 10.0 Å². The average Bonchev–Trinajstić information content (AvgIpc) is 2.56. The molecule has 1 aliphatic heterocycles. The first-order valence-corrected chi connectivity index (χ1v) is 8.26. The van der Waals surface area contributed by atoms with E-state index in [9.17, 15) is 9.59 Å². The standard InChI is InChI=1S/C18H26N2O3.ClH/c1-3-14-4-6-15(7-5-14)12-19(2)17(21)13-20-10-8-16(9-11-20)18(22)23;/h4-7,16H,3,8-13H2,1-2H3,(H,22,23);1H. The number of likely N-dealkylation sites (tertiary alicyclic amines) is 1. The van der Waals surface area contributed by atoms with Gasteiger partial charge in [-0.3, -0.25) is 14.5 Å². The summed E-state index contributed by atoms with van der Waals surface area (Å²) in [5.41, 5.74) is 2.42. The van der Waals surface area contributed by atoms with E-state index in [2.05, 4.69) is 36.1 Å². The van der Waals surface area contributed by atoms with Gasteiger partial charge in [-0.2, -0.15) is 0 Å². The molecule has 1 N–H and O–H groups in total. The van der Waals surface area contributed by atoms with Crippen LogP contribution >= 0.6 is 12.4 Å². The normalized spacial score (nSPS) is 15.6. The molecule has 0 unspecified atom stereocenters. The topological polar surface area (TPSA) is 60.9 Å². The molecule has 134 valence electrons. The van der Waals surface area contributed by atoms with Crippen LogP contribution < -0.4 is 0 Å². The fraction of sp³-hybridized carbons (Fsp3) is 0.556. The number of rotatable bonds is 6. The Hall–Kier alpha value is -1.59. The maximum atomic E-state index is 12.3. The molecule has 1 saturated heterocycles. The van der Waals surface area contributed by atoms with Crippen LogP contribution in [0, 0.1) is 5.92 Å². The summed E-state index contributed by atoms with van der Waals surface area (Å²) in [5, 5.41) is 9.00. The monoisotopic (exact) mass is 354 g/mol. The highest BCUT2D eigenvalue weighted by Gasteiger charge is 2.26. The second-order valence-electron chi connectivity index (χ2n) is 6.31. The molecule has 1 heterocycles. The number of benzene rings is 1. The zero-order chi connectivity index (χ0) is 16.8. The Morgan fingerprint density at radius 1 is 1.17 bits per heavy atom. The van der Waals surface area contributed by atoms with Crippen LogP contribution in [0.25, 0.3) is 0 Å². The van der Waals surface area contributed by atoms with Gasteiger partial charge in [0, 0.05) is 13.6 Å². The molecule has 1 aliphatic rings. The van der Waals surface area contributed by atoms with E-state index in [0.29, 0.717) is 39.0 Å². The summed E-state index contributed by atoms with van der Waals surface area (Å²) in [6.07, 6.45) is 2.27. The Kier molecular flexibility index (Phi) is 8.22. The maximum Gasteiger partial charge on any atom is 0.306 e. The van der Waals surface area contributed by atoms with Crippen molar-refractivity contribution in [3.63, 3.8) is 0 Å². The SMILES string of the molecule is CCc1ccc(CN(C)C(=O)CN2CCC(C(=O)O)CC2)cc1.Cl. The second kappa shape index (κ2) is 9.64. The molecule has 0 aliphatic carbocycles. The van der Waals surface area contributed by atoms with Crippen molar-refractivity contribution in [3.05, 3.63) is 35.4 Å². The lowest BCUT2D eigenvalue weighted by atomic mass is 9.97. The number of carbonyl (C=O) groups is 2. The molecule has 0 saturated carbocycles. The van der Waals surface area contributed by atoms with Gasteiger partial charge in [0.1, 0.15) is 0 Å². The Morgan fingerprint density at radius 2 is 1.71 bits per heavy atom. The fourth-order valence-electron chi connectivity index (χ4n) is 2.89. The van der Waals surface area contributed by atoms with E-state index in [0.717, 1.165) is 12.0 Å². The number of amides is 1. The molecule has 1 aromatic rings. The van der Waals surface area contributed by atoms with Crippen LogP contribution in [0.2, 0.25) is 0 Å². The number of hydrogen-bond donors (Lipinski definition) is 1. The molecule has 0 aromatic heterocycles.